The van der Waals surface area contributed by atoms with E-state index in [4.69, 9.17) is 19.9 Å². The number of esters is 1. The Kier molecular flexibility index (Phi) is 5.98. The van der Waals surface area contributed by atoms with Crippen molar-refractivity contribution in [1.82, 2.24) is 0 Å². The molecular weight excluding hydrogens is 248 g/mol. The van der Waals surface area contributed by atoms with Gasteiger partial charge in [0.2, 0.25) is 0 Å². The average molecular weight is 270 g/mol. The zero-order valence-corrected chi connectivity index (χ0v) is 11.8. The third-order valence-electron chi connectivity index (χ3n) is 2.73. The summed E-state index contributed by atoms with van der Waals surface area (Å²) in [4.78, 5) is 15.8. The zero-order chi connectivity index (χ0) is 14.3. The van der Waals surface area contributed by atoms with Crippen LogP contribution in [0.5, 0.6) is 0 Å². The largest absolute Gasteiger partial charge is 0.462 e. The summed E-state index contributed by atoms with van der Waals surface area (Å²) >= 11 is 0. The maximum Gasteiger partial charge on any atom is 0.341 e. The summed E-state index contributed by atoms with van der Waals surface area (Å²) in [5.74, 6) is -1.02. The van der Waals surface area contributed by atoms with Crippen LogP contribution < -0.4 is 5.73 Å². The molecule has 0 radical (unpaired) electrons. The Morgan fingerprint density at radius 3 is 2.63 bits per heavy atom. The van der Waals surface area contributed by atoms with E-state index in [0.717, 1.165) is 0 Å². The highest BCUT2D eigenvalue weighted by Gasteiger charge is 2.29. The first-order chi connectivity index (χ1) is 8.98. The van der Waals surface area contributed by atoms with Crippen LogP contribution in [-0.2, 0) is 19.0 Å². The summed E-state index contributed by atoms with van der Waals surface area (Å²) in [7, 11) is 0. The Balaban J connectivity index is 2.49. The van der Waals surface area contributed by atoms with E-state index in [2.05, 4.69) is 4.99 Å². The van der Waals surface area contributed by atoms with Gasteiger partial charge in [-0.15, -0.1) is 0 Å². The molecule has 0 unspecified atom stereocenters. The second-order valence-corrected chi connectivity index (χ2v) is 4.43. The molecule has 0 aliphatic carbocycles. The molecule has 0 aromatic carbocycles. The molecule has 6 heteroatoms. The van der Waals surface area contributed by atoms with Crippen molar-refractivity contribution in [3.05, 3.63) is 11.3 Å². The molecule has 19 heavy (non-hydrogen) atoms. The molecule has 0 aromatic heterocycles. The lowest BCUT2D eigenvalue weighted by Crippen LogP contribution is -2.26. The normalized spacial score (nSPS) is 19.5. The van der Waals surface area contributed by atoms with Gasteiger partial charge in [-0.1, -0.05) is 0 Å². The van der Waals surface area contributed by atoms with Crippen molar-refractivity contribution in [3.8, 4) is 0 Å². The topological polar surface area (TPSA) is 83.1 Å². The van der Waals surface area contributed by atoms with E-state index >= 15 is 0 Å². The van der Waals surface area contributed by atoms with Crippen molar-refractivity contribution >= 4 is 12.2 Å². The van der Waals surface area contributed by atoms with E-state index in [-0.39, 0.29) is 0 Å². The molecule has 0 spiro atoms. The van der Waals surface area contributed by atoms with Gasteiger partial charge in [-0.25, -0.2) is 4.79 Å². The maximum atomic E-state index is 11.6. The van der Waals surface area contributed by atoms with Crippen molar-refractivity contribution in [2.24, 2.45) is 10.7 Å². The summed E-state index contributed by atoms with van der Waals surface area (Å²) in [5, 5.41) is 0. The van der Waals surface area contributed by atoms with Gasteiger partial charge in [-0.3, -0.25) is 4.99 Å². The van der Waals surface area contributed by atoms with Gasteiger partial charge in [-0.05, 0) is 20.8 Å². The standard InChI is InChI=1S/C13H22N2O4/c1-4-17-12(16)11(10(2)14)9-15-6-5-13(3)18-7-8-19-13/h9H,4-8,14H2,1-3H3. The van der Waals surface area contributed by atoms with Crippen LogP contribution in [0.1, 0.15) is 27.2 Å². The van der Waals surface area contributed by atoms with Crippen molar-refractivity contribution < 1.29 is 19.0 Å². The fraction of sp³-hybridized carbons (Fsp3) is 0.692. The van der Waals surface area contributed by atoms with Crippen LogP contribution in [-0.4, -0.2) is 44.3 Å². The summed E-state index contributed by atoms with van der Waals surface area (Å²) in [5.41, 5.74) is 6.32. The Bertz CT molecular complexity index is 367. The first-order valence-corrected chi connectivity index (χ1v) is 6.39. The van der Waals surface area contributed by atoms with Gasteiger partial charge in [0.05, 0.1) is 25.4 Å². The van der Waals surface area contributed by atoms with Crippen molar-refractivity contribution in [2.45, 2.75) is 33.0 Å². The quantitative estimate of drug-likeness (QED) is 0.442. The molecule has 0 bridgehead atoms. The average Bonchev–Trinajstić information content (AvgIpc) is 2.76. The van der Waals surface area contributed by atoms with Crippen molar-refractivity contribution in [1.29, 1.82) is 0 Å². The van der Waals surface area contributed by atoms with E-state index in [9.17, 15) is 4.79 Å². The van der Waals surface area contributed by atoms with Gasteiger partial charge in [0.15, 0.2) is 5.79 Å². The SMILES string of the molecule is CCOC(=O)C(C=NCCC1(C)OCCO1)=C(C)N. The lowest BCUT2D eigenvalue weighted by Gasteiger charge is -2.20. The number of allylic oxidation sites excluding steroid dienone is 1. The number of nitrogens with zero attached hydrogens (tertiary/aromatic N) is 1. The lowest BCUT2D eigenvalue weighted by atomic mass is 10.2. The van der Waals surface area contributed by atoms with Gasteiger partial charge < -0.3 is 19.9 Å². The number of rotatable bonds is 6. The van der Waals surface area contributed by atoms with Crippen LogP contribution in [0.4, 0.5) is 0 Å². The van der Waals surface area contributed by atoms with Crippen molar-refractivity contribution in [2.75, 3.05) is 26.4 Å². The molecule has 0 aromatic rings. The Morgan fingerprint density at radius 2 is 2.11 bits per heavy atom. The van der Waals surface area contributed by atoms with E-state index in [1.54, 1.807) is 13.8 Å². The fourth-order valence-corrected chi connectivity index (χ4v) is 1.65. The van der Waals surface area contributed by atoms with Crippen LogP contribution in [0.3, 0.4) is 0 Å². The number of ether oxygens (including phenoxy) is 3. The maximum absolute atomic E-state index is 11.6. The third-order valence-corrected chi connectivity index (χ3v) is 2.73. The number of aliphatic imine (C=N–C) groups is 1. The monoisotopic (exact) mass is 270 g/mol. The number of carbonyl (C=O) groups excluding carboxylic acids is 1. The van der Waals surface area contributed by atoms with E-state index in [1.807, 2.05) is 6.92 Å². The van der Waals surface area contributed by atoms with E-state index in [1.165, 1.54) is 6.21 Å². The molecule has 1 fully saturated rings. The Labute approximate surface area is 113 Å². The van der Waals surface area contributed by atoms with Gasteiger partial charge in [-0.2, -0.15) is 0 Å². The zero-order valence-electron chi connectivity index (χ0n) is 11.8. The molecule has 1 saturated heterocycles. The minimum Gasteiger partial charge on any atom is -0.462 e. The molecule has 0 amide bonds. The second-order valence-electron chi connectivity index (χ2n) is 4.43. The highest BCUT2D eigenvalue weighted by molar-refractivity contribution is 6.10. The van der Waals surface area contributed by atoms with Crippen LogP contribution in [0.15, 0.2) is 16.3 Å². The van der Waals surface area contributed by atoms with Crippen LogP contribution in [0.2, 0.25) is 0 Å². The summed E-state index contributed by atoms with van der Waals surface area (Å²) in [6.45, 7) is 7.28. The minimum atomic E-state index is -0.567. The van der Waals surface area contributed by atoms with Gasteiger partial charge in [0.1, 0.15) is 0 Å². The number of carbonyl (C=O) groups is 1. The molecule has 1 aliphatic rings. The Hall–Kier alpha value is -1.40. The van der Waals surface area contributed by atoms with Gasteiger partial charge in [0.25, 0.3) is 0 Å². The fourth-order valence-electron chi connectivity index (χ4n) is 1.65. The predicted octanol–water partition coefficient (Wildman–Crippen LogP) is 1.01. The summed E-state index contributed by atoms with van der Waals surface area (Å²) in [6.07, 6.45) is 2.08. The molecule has 1 rings (SSSR count). The first kappa shape index (κ1) is 15.7. The lowest BCUT2D eigenvalue weighted by molar-refractivity contribution is -0.144. The van der Waals surface area contributed by atoms with Gasteiger partial charge in [0, 0.05) is 24.9 Å². The molecule has 1 aliphatic heterocycles. The summed E-state index contributed by atoms with van der Waals surface area (Å²) in [6, 6.07) is 0. The molecular formula is C13H22N2O4. The van der Waals surface area contributed by atoms with Crippen LogP contribution in [0.25, 0.3) is 0 Å². The number of hydrogen-bond donors (Lipinski definition) is 1. The summed E-state index contributed by atoms with van der Waals surface area (Å²) < 4.78 is 15.8. The number of nitrogens with two attached hydrogens (primary N) is 1. The highest BCUT2D eigenvalue weighted by Crippen LogP contribution is 2.22. The molecule has 0 atom stereocenters. The molecule has 108 valence electrons. The van der Waals surface area contributed by atoms with E-state index in [0.29, 0.717) is 44.1 Å². The van der Waals surface area contributed by atoms with Crippen LogP contribution >= 0.6 is 0 Å². The molecule has 2 N–H and O–H groups in total. The first-order valence-electron chi connectivity index (χ1n) is 6.39. The van der Waals surface area contributed by atoms with Gasteiger partial charge >= 0.3 is 5.97 Å². The molecule has 6 nitrogen and oxygen atoms in total. The van der Waals surface area contributed by atoms with Crippen LogP contribution in [0, 0.1) is 0 Å². The predicted molar refractivity (Wildman–Crippen MR) is 71.8 cm³/mol. The Morgan fingerprint density at radius 1 is 1.47 bits per heavy atom. The third kappa shape index (κ3) is 5.00. The highest BCUT2D eigenvalue weighted by atomic mass is 16.7. The minimum absolute atomic E-state index is 0.292. The van der Waals surface area contributed by atoms with E-state index < -0.39 is 11.8 Å². The smallest absolute Gasteiger partial charge is 0.341 e. The molecule has 1 heterocycles. The number of hydrogen-bond acceptors (Lipinski definition) is 6. The second kappa shape index (κ2) is 7.25. The molecule has 0 saturated carbocycles. The van der Waals surface area contributed by atoms with Crippen molar-refractivity contribution in [3.63, 3.8) is 0 Å².